The number of nitrogen functional groups attached to an aromatic ring is 1. The molecule has 4 atom stereocenters. The van der Waals surface area contributed by atoms with Crippen LogP contribution < -0.4 is 11.1 Å². The molecular formula is C21H23N9O5. The number of imidazole rings is 1. The van der Waals surface area contributed by atoms with Crippen LogP contribution in [-0.4, -0.2) is 69.6 Å². The lowest BCUT2D eigenvalue weighted by Crippen LogP contribution is -2.31. The van der Waals surface area contributed by atoms with E-state index < -0.39 is 37.2 Å². The quantitative estimate of drug-likeness (QED) is 0.276. The van der Waals surface area contributed by atoms with Gasteiger partial charge in [0.2, 0.25) is 0 Å². The molecule has 5 N–H and O–H groups in total. The van der Waals surface area contributed by atoms with E-state index in [-0.39, 0.29) is 19.0 Å². The predicted molar refractivity (Wildman–Crippen MR) is 119 cm³/mol. The van der Waals surface area contributed by atoms with Crippen molar-refractivity contribution in [2.24, 2.45) is 0 Å². The van der Waals surface area contributed by atoms with Crippen LogP contribution >= 0.6 is 0 Å². The van der Waals surface area contributed by atoms with Gasteiger partial charge < -0.3 is 30.7 Å². The summed E-state index contributed by atoms with van der Waals surface area (Å²) in [5, 5.41) is 31.3. The summed E-state index contributed by atoms with van der Waals surface area (Å²) in [6, 6.07) is 8.54. The molecule has 1 aromatic carbocycles. The first-order valence-corrected chi connectivity index (χ1v) is 10.8. The molecule has 182 valence electrons. The minimum atomic E-state index is -1.11. The Morgan fingerprint density at radius 1 is 1.23 bits per heavy atom. The van der Waals surface area contributed by atoms with Gasteiger partial charge in [-0.1, -0.05) is 35.5 Å². The van der Waals surface area contributed by atoms with Crippen LogP contribution in [0.25, 0.3) is 11.2 Å². The van der Waals surface area contributed by atoms with Gasteiger partial charge in [0, 0.05) is 0 Å². The van der Waals surface area contributed by atoms with Gasteiger partial charge in [-0.15, -0.1) is 5.10 Å². The molecule has 0 radical (unpaired) electrons. The Hall–Kier alpha value is -4.14. The Morgan fingerprint density at radius 3 is 2.86 bits per heavy atom. The molecule has 0 bridgehead atoms. The lowest BCUT2D eigenvalue weighted by molar-refractivity contribution is -0.0449. The molecule has 3 aromatic heterocycles. The number of fused-ring (bicyclic) bond motifs is 1. The topological polar surface area (TPSA) is 188 Å². The van der Waals surface area contributed by atoms with Crippen molar-refractivity contribution in [3.63, 3.8) is 0 Å². The van der Waals surface area contributed by atoms with E-state index in [4.69, 9.17) is 15.2 Å². The van der Waals surface area contributed by atoms with Crippen LogP contribution in [0.4, 0.5) is 10.6 Å². The van der Waals surface area contributed by atoms with E-state index in [1.165, 1.54) is 17.3 Å². The summed E-state index contributed by atoms with van der Waals surface area (Å²) in [5.74, 6) is 0.204. The van der Waals surface area contributed by atoms with E-state index in [2.05, 4.69) is 30.6 Å². The zero-order valence-corrected chi connectivity index (χ0v) is 18.4. The summed E-state index contributed by atoms with van der Waals surface area (Å²) in [4.78, 5) is 24.4. The molecule has 14 heteroatoms. The fraction of sp³-hybridized carbons (Fsp3) is 0.333. The Labute approximate surface area is 198 Å². The number of aliphatic hydroxyl groups excluding tert-OH is 2. The zero-order chi connectivity index (χ0) is 24.4. The monoisotopic (exact) mass is 481 g/mol. The highest BCUT2D eigenvalue weighted by atomic mass is 16.6. The molecule has 5 rings (SSSR count). The molecule has 0 unspecified atom stereocenters. The van der Waals surface area contributed by atoms with Crippen molar-refractivity contribution >= 4 is 23.1 Å². The number of aliphatic hydroxyl groups is 2. The molecule has 1 fully saturated rings. The van der Waals surface area contributed by atoms with E-state index >= 15 is 0 Å². The molecule has 14 nitrogen and oxygen atoms in total. The number of hydrogen-bond donors (Lipinski definition) is 4. The van der Waals surface area contributed by atoms with Gasteiger partial charge in [-0.25, -0.2) is 24.4 Å². The van der Waals surface area contributed by atoms with Crippen molar-refractivity contribution in [2.45, 2.75) is 37.6 Å². The summed E-state index contributed by atoms with van der Waals surface area (Å²) >= 11 is 0. The number of nitrogens with zero attached hydrogens (tertiary/aromatic N) is 7. The van der Waals surface area contributed by atoms with E-state index in [9.17, 15) is 15.0 Å². The second-order valence-corrected chi connectivity index (χ2v) is 7.92. The summed E-state index contributed by atoms with van der Waals surface area (Å²) in [7, 11) is 0. The molecule has 1 amide bonds. The van der Waals surface area contributed by atoms with Crippen molar-refractivity contribution < 1.29 is 24.5 Å². The molecule has 0 aliphatic carbocycles. The number of alkyl carbamates (subject to hydrolysis) is 1. The number of amides is 1. The first-order chi connectivity index (χ1) is 17.0. The highest BCUT2D eigenvalue weighted by Crippen LogP contribution is 2.39. The lowest BCUT2D eigenvalue weighted by Gasteiger charge is -2.21. The first-order valence-electron chi connectivity index (χ1n) is 10.8. The number of nitrogens with one attached hydrogen (secondary N) is 1. The molecule has 1 aliphatic rings. The van der Waals surface area contributed by atoms with Crippen LogP contribution in [0.5, 0.6) is 0 Å². The van der Waals surface area contributed by atoms with Gasteiger partial charge in [0.25, 0.3) is 0 Å². The third-order valence-electron chi connectivity index (χ3n) is 5.67. The number of carbonyl (C=O) groups is 1. The maximum absolute atomic E-state index is 12.0. The summed E-state index contributed by atoms with van der Waals surface area (Å²) in [6.45, 7) is -0.209. The van der Waals surface area contributed by atoms with Crippen LogP contribution in [-0.2, 0) is 22.6 Å². The Morgan fingerprint density at radius 2 is 2.06 bits per heavy atom. The summed E-state index contributed by atoms with van der Waals surface area (Å²) in [6.07, 6.45) is 0.940. The summed E-state index contributed by atoms with van der Waals surface area (Å²) in [5.41, 5.74) is 7.97. The Kier molecular flexibility index (Phi) is 6.22. The van der Waals surface area contributed by atoms with Gasteiger partial charge in [0.05, 0.1) is 25.7 Å². The minimum Gasteiger partial charge on any atom is -0.445 e. The fourth-order valence-electron chi connectivity index (χ4n) is 3.93. The Bertz CT molecular complexity index is 1310. The normalized spacial score (nSPS) is 21.9. The largest absolute Gasteiger partial charge is 0.445 e. The van der Waals surface area contributed by atoms with Crippen LogP contribution in [0.1, 0.15) is 23.5 Å². The summed E-state index contributed by atoms with van der Waals surface area (Å²) < 4.78 is 14.1. The number of benzene rings is 1. The van der Waals surface area contributed by atoms with Crippen molar-refractivity contribution in [3.8, 4) is 0 Å². The van der Waals surface area contributed by atoms with Gasteiger partial charge in [0.15, 0.2) is 17.7 Å². The van der Waals surface area contributed by atoms with Crippen LogP contribution in [0.3, 0.4) is 0 Å². The second-order valence-electron chi connectivity index (χ2n) is 7.92. The number of rotatable bonds is 7. The van der Waals surface area contributed by atoms with E-state index in [0.717, 1.165) is 5.56 Å². The molecular weight excluding hydrogens is 458 g/mol. The SMILES string of the molecule is Nc1ncnc2c1ncn2[C@@H]1O[C@H](CO)[C@@H](O)[C@H]1n1cc(CNC(=O)OCc2ccccc2)nn1. The second kappa shape index (κ2) is 9.61. The standard InChI is InChI=1S/C21H23N9O5/c22-18-15-19(25-10-24-18)29(11-26-15)20-16(17(32)14(8-31)35-20)30-7-13(27-28-30)6-23-21(33)34-9-12-4-2-1-3-5-12/h1-5,7,10-11,14,16-17,20,31-32H,6,8-9H2,(H,23,33)(H2,22,24,25)/t14-,16-,17-,20-/m1/s1. The smallest absolute Gasteiger partial charge is 0.407 e. The Balaban J connectivity index is 1.30. The number of nitrogens with two attached hydrogens (primary N) is 1. The number of anilines is 1. The minimum absolute atomic E-state index is 0.0587. The van der Waals surface area contributed by atoms with E-state index in [0.29, 0.717) is 16.9 Å². The van der Waals surface area contributed by atoms with Crippen LogP contribution in [0, 0.1) is 0 Å². The van der Waals surface area contributed by atoms with Crippen molar-refractivity contribution in [2.75, 3.05) is 12.3 Å². The molecule has 35 heavy (non-hydrogen) atoms. The molecule has 4 aromatic rings. The zero-order valence-electron chi connectivity index (χ0n) is 18.4. The third-order valence-corrected chi connectivity index (χ3v) is 5.67. The van der Waals surface area contributed by atoms with Crippen LogP contribution in [0.15, 0.2) is 49.2 Å². The molecule has 1 saturated heterocycles. The van der Waals surface area contributed by atoms with Crippen molar-refractivity contribution in [1.29, 1.82) is 0 Å². The van der Waals surface area contributed by atoms with Crippen LogP contribution in [0.2, 0.25) is 0 Å². The fourth-order valence-corrected chi connectivity index (χ4v) is 3.93. The third kappa shape index (κ3) is 4.49. The number of ether oxygens (including phenoxy) is 2. The van der Waals surface area contributed by atoms with Gasteiger partial charge >= 0.3 is 6.09 Å². The maximum atomic E-state index is 12.0. The highest BCUT2D eigenvalue weighted by Gasteiger charge is 2.47. The van der Waals surface area contributed by atoms with Gasteiger partial charge in [-0.05, 0) is 5.56 Å². The molecule has 4 heterocycles. The van der Waals surface area contributed by atoms with Gasteiger partial charge in [0.1, 0.15) is 42.4 Å². The average molecular weight is 481 g/mol. The predicted octanol–water partition coefficient (Wildman–Crippen LogP) is -0.0817. The average Bonchev–Trinajstić information content (AvgIpc) is 3.59. The maximum Gasteiger partial charge on any atom is 0.407 e. The van der Waals surface area contributed by atoms with Crippen molar-refractivity contribution in [1.82, 2.24) is 39.8 Å². The van der Waals surface area contributed by atoms with Gasteiger partial charge in [-0.2, -0.15) is 0 Å². The number of aromatic nitrogens is 7. The first kappa shape index (κ1) is 22.6. The van der Waals surface area contributed by atoms with Gasteiger partial charge in [-0.3, -0.25) is 4.57 Å². The lowest BCUT2D eigenvalue weighted by atomic mass is 10.1. The van der Waals surface area contributed by atoms with E-state index in [1.807, 2.05) is 30.3 Å². The van der Waals surface area contributed by atoms with E-state index in [1.54, 1.807) is 10.8 Å². The molecule has 1 aliphatic heterocycles. The number of carbonyl (C=O) groups excluding carboxylic acids is 1. The number of hydrogen-bond acceptors (Lipinski definition) is 11. The molecule has 0 spiro atoms. The highest BCUT2D eigenvalue weighted by molar-refractivity contribution is 5.81. The molecule has 0 saturated carbocycles. The van der Waals surface area contributed by atoms with Crippen molar-refractivity contribution in [3.05, 3.63) is 60.4 Å².